The number of aromatic nitrogens is 2. The number of anilines is 1. The van der Waals surface area contributed by atoms with Gasteiger partial charge in [0, 0.05) is 23.5 Å². The van der Waals surface area contributed by atoms with E-state index in [2.05, 4.69) is 10.3 Å². The summed E-state index contributed by atoms with van der Waals surface area (Å²) in [5, 5.41) is 2.94. The zero-order valence-electron chi connectivity index (χ0n) is 10.6. The molecular formula is C13H17N3O. The molecule has 0 bridgehead atoms. The third-order valence-corrected chi connectivity index (χ3v) is 2.75. The van der Waals surface area contributed by atoms with Crippen molar-refractivity contribution in [2.75, 3.05) is 5.32 Å². The molecule has 2 rings (SSSR count). The summed E-state index contributed by atoms with van der Waals surface area (Å²) < 4.78 is 1.96. The summed E-state index contributed by atoms with van der Waals surface area (Å²) in [5.41, 5.74) is 2.31. The molecule has 0 aliphatic carbocycles. The zero-order valence-corrected chi connectivity index (χ0v) is 10.6. The normalized spacial score (nSPS) is 11.8. The monoisotopic (exact) mass is 231 g/mol. The predicted octanol–water partition coefficient (Wildman–Crippen LogP) is 2.63. The Balaban J connectivity index is 2.37. The van der Waals surface area contributed by atoms with E-state index in [1.807, 2.05) is 50.4 Å². The van der Waals surface area contributed by atoms with Crippen molar-refractivity contribution in [3.8, 4) is 0 Å². The number of aryl methyl sites for hydroxylation is 1. The number of carbonyl (C=O) groups excluding carboxylic acids is 1. The Morgan fingerprint density at radius 2 is 2.06 bits per heavy atom. The molecular weight excluding hydrogens is 214 g/mol. The minimum atomic E-state index is -0.393. The van der Waals surface area contributed by atoms with Crippen molar-refractivity contribution in [2.45, 2.75) is 27.7 Å². The number of fused-ring (bicyclic) bond motifs is 1. The molecule has 0 aliphatic rings. The molecule has 0 saturated carbocycles. The van der Waals surface area contributed by atoms with Gasteiger partial charge in [0.2, 0.25) is 5.91 Å². The van der Waals surface area contributed by atoms with E-state index in [-0.39, 0.29) is 5.91 Å². The van der Waals surface area contributed by atoms with Crippen LogP contribution >= 0.6 is 0 Å². The number of imidazole rings is 1. The molecule has 1 N–H and O–H groups in total. The highest BCUT2D eigenvalue weighted by atomic mass is 16.2. The summed E-state index contributed by atoms with van der Waals surface area (Å²) >= 11 is 0. The molecule has 2 aromatic rings. The van der Waals surface area contributed by atoms with E-state index in [4.69, 9.17) is 0 Å². The molecule has 4 heteroatoms. The Bertz CT molecular complexity index is 564. The number of nitrogens with one attached hydrogen (secondary N) is 1. The Morgan fingerprint density at radius 3 is 2.71 bits per heavy atom. The van der Waals surface area contributed by atoms with E-state index in [1.165, 1.54) is 0 Å². The van der Waals surface area contributed by atoms with Crippen LogP contribution in [0.4, 0.5) is 5.69 Å². The van der Waals surface area contributed by atoms with Crippen LogP contribution in [0.5, 0.6) is 0 Å². The van der Waals surface area contributed by atoms with Gasteiger partial charge in [-0.15, -0.1) is 0 Å². The third-order valence-electron chi connectivity index (χ3n) is 2.75. The third kappa shape index (κ3) is 2.16. The average Bonchev–Trinajstić information content (AvgIpc) is 2.69. The number of hydrogen-bond donors (Lipinski definition) is 1. The minimum Gasteiger partial charge on any atom is -0.324 e. The van der Waals surface area contributed by atoms with Crippen LogP contribution in [0.1, 0.15) is 26.5 Å². The van der Waals surface area contributed by atoms with Gasteiger partial charge in [-0.25, -0.2) is 4.98 Å². The standard InChI is InChI=1S/C13H17N3O/c1-9-10(15-12(17)13(2,3)4)5-6-11-14-7-8-16(9)11/h5-8H,1-4H3,(H,15,17). The van der Waals surface area contributed by atoms with Gasteiger partial charge in [0.05, 0.1) is 5.69 Å². The minimum absolute atomic E-state index is 0.0139. The zero-order chi connectivity index (χ0) is 12.6. The second kappa shape index (κ2) is 3.87. The lowest BCUT2D eigenvalue weighted by Gasteiger charge is -2.19. The number of carbonyl (C=O) groups is 1. The molecule has 1 amide bonds. The molecule has 0 atom stereocenters. The molecule has 90 valence electrons. The van der Waals surface area contributed by atoms with Crippen LogP contribution in [0.2, 0.25) is 0 Å². The maximum Gasteiger partial charge on any atom is 0.229 e. The highest BCUT2D eigenvalue weighted by Gasteiger charge is 2.21. The van der Waals surface area contributed by atoms with Gasteiger partial charge in [0.1, 0.15) is 5.65 Å². The molecule has 0 fully saturated rings. The first-order chi connectivity index (χ1) is 7.89. The first-order valence-electron chi connectivity index (χ1n) is 5.64. The lowest BCUT2D eigenvalue weighted by molar-refractivity contribution is -0.123. The van der Waals surface area contributed by atoms with Crippen molar-refractivity contribution in [2.24, 2.45) is 5.41 Å². The van der Waals surface area contributed by atoms with Gasteiger partial charge in [-0.2, -0.15) is 0 Å². The maximum absolute atomic E-state index is 11.9. The van der Waals surface area contributed by atoms with E-state index >= 15 is 0 Å². The fraction of sp³-hybridized carbons (Fsp3) is 0.385. The summed E-state index contributed by atoms with van der Waals surface area (Å²) in [6.07, 6.45) is 3.63. The molecule has 4 nitrogen and oxygen atoms in total. The van der Waals surface area contributed by atoms with Gasteiger partial charge in [-0.3, -0.25) is 4.79 Å². The Kier molecular flexibility index (Phi) is 2.65. The van der Waals surface area contributed by atoms with Crippen LogP contribution < -0.4 is 5.32 Å². The van der Waals surface area contributed by atoms with E-state index in [9.17, 15) is 4.79 Å². The van der Waals surface area contributed by atoms with Crippen LogP contribution in [0.25, 0.3) is 5.65 Å². The first-order valence-corrected chi connectivity index (χ1v) is 5.64. The Morgan fingerprint density at radius 1 is 1.35 bits per heavy atom. The van der Waals surface area contributed by atoms with Gasteiger partial charge in [-0.05, 0) is 19.1 Å². The largest absolute Gasteiger partial charge is 0.324 e. The van der Waals surface area contributed by atoms with Crippen molar-refractivity contribution in [1.82, 2.24) is 9.38 Å². The maximum atomic E-state index is 11.9. The molecule has 0 spiro atoms. The molecule has 2 aromatic heterocycles. The molecule has 2 heterocycles. The van der Waals surface area contributed by atoms with Gasteiger partial charge in [0.15, 0.2) is 0 Å². The molecule has 0 aliphatic heterocycles. The summed E-state index contributed by atoms with van der Waals surface area (Å²) in [4.78, 5) is 16.1. The number of nitrogens with zero attached hydrogens (tertiary/aromatic N) is 2. The fourth-order valence-electron chi connectivity index (χ4n) is 1.57. The molecule has 17 heavy (non-hydrogen) atoms. The summed E-state index contributed by atoms with van der Waals surface area (Å²) in [5.74, 6) is 0.0139. The van der Waals surface area contributed by atoms with E-state index in [1.54, 1.807) is 6.20 Å². The molecule has 0 aromatic carbocycles. The molecule has 0 unspecified atom stereocenters. The molecule has 0 saturated heterocycles. The summed E-state index contributed by atoms with van der Waals surface area (Å²) in [6, 6.07) is 3.78. The lowest BCUT2D eigenvalue weighted by Crippen LogP contribution is -2.28. The van der Waals surface area contributed by atoms with Crippen LogP contribution in [0.15, 0.2) is 24.5 Å². The van der Waals surface area contributed by atoms with Gasteiger partial charge >= 0.3 is 0 Å². The Hall–Kier alpha value is -1.84. The van der Waals surface area contributed by atoms with Gasteiger partial charge in [-0.1, -0.05) is 20.8 Å². The van der Waals surface area contributed by atoms with Gasteiger partial charge in [0.25, 0.3) is 0 Å². The second-order valence-electron chi connectivity index (χ2n) is 5.19. The number of pyridine rings is 1. The number of rotatable bonds is 1. The fourth-order valence-corrected chi connectivity index (χ4v) is 1.57. The molecule has 0 radical (unpaired) electrons. The van der Waals surface area contributed by atoms with Crippen LogP contribution in [0.3, 0.4) is 0 Å². The topological polar surface area (TPSA) is 46.4 Å². The average molecular weight is 231 g/mol. The number of hydrogen-bond acceptors (Lipinski definition) is 2. The van der Waals surface area contributed by atoms with E-state index in [0.29, 0.717) is 0 Å². The second-order valence-corrected chi connectivity index (χ2v) is 5.19. The van der Waals surface area contributed by atoms with Crippen LogP contribution in [-0.4, -0.2) is 15.3 Å². The highest BCUT2D eigenvalue weighted by molar-refractivity contribution is 5.95. The van der Waals surface area contributed by atoms with Crippen LogP contribution in [-0.2, 0) is 4.79 Å². The van der Waals surface area contributed by atoms with Crippen molar-refractivity contribution >= 4 is 17.2 Å². The lowest BCUT2D eigenvalue weighted by atomic mass is 9.95. The quantitative estimate of drug-likeness (QED) is 0.820. The van der Waals surface area contributed by atoms with Crippen LogP contribution in [0, 0.1) is 12.3 Å². The highest BCUT2D eigenvalue weighted by Crippen LogP contribution is 2.21. The summed E-state index contributed by atoms with van der Waals surface area (Å²) in [7, 11) is 0. The number of amides is 1. The summed E-state index contributed by atoms with van der Waals surface area (Å²) in [6.45, 7) is 7.65. The smallest absolute Gasteiger partial charge is 0.229 e. The van der Waals surface area contributed by atoms with E-state index in [0.717, 1.165) is 17.0 Å². The van der Waals surface area contributed by atoms with Gasteiger partial charge < -0.3 is 9.72 Å². The first kappa shape index (κ1) is 11.6. The predicted molar refractivity (Wildman–Crippen MR) is 68.0 cm³/mol. The van der Waals surface area contributed by atoms with Crippen molar-refractivity contribution < 1.29 is 4.79 Å². The van der Waals surface area contributed by atoms with Crippen molar-refractivity contribution in [3.63, 3.8) is 0 Å². The SMILES string of the molecule is Cc1c(NC(=O)C(C)(C)C)ccc2nccn12. The van der Waals surface area contributed by atoms with Crippen molar-refractivity contribution in [3.05, 3.63) is 30.2 Å². The van der Waals surface area contributed by atoms with Crippen molar-refractivity contribution in [1.29, 1.82) is 0 Å². The Labute approximate surface area is 101 Å². The van der Waals surface area contributed by atoms with E-state index < -0.39 is 5.41 Å².